The first-order chi connectivity index (χ1) is 7.65. The Morgan fingerprint density at radius 3 is 2.75 bits per heavy atom. The molecule has 0 saturated heterocycles. The topological polar surface area (TPSA) is 37.8 Å². The van der Waals surface area contributed by atoms with Crippen molar-refractivity contribution in [2.75, 3.05) is 5.32 Å². The SMILES string of the molecule is Fc1ccc(Nc2cc(Cl)ncn2)cc1Br. The molecular weight excluding hydrogens is 296 g/mol. The van der Waals surface area contributed by atoms with E-state index in [1.165, 1.54) is 12.4 Å². The van der Waals surface area contributed by atoms with Gasteiger partial charge in [0.25, 0.3) is 0 Å². The monoisotopic (exact) mass is 301 g/mol. The summed E-state index contributed by atoms with van der Waals surface area (Å²) in [5, 5.41) is 3.33. The minimum Gasteiger partial charge on any atom is -0.340 e. The summed E-state index contributed by atoms with van der Waals surface area (Å²) in [6.45, 7) is 0. The van der Waals surface area contributed by atoms with Crippen LogP contribution in [0.4, 0.5) is 15.9 Å². The first kappa shape index (κ1) is 11.3. The number of rotatable bonds is 2. The van der Waals surface area contributed by atoms with E-state index in [1.807, 2.05) is 0 Å². The normalized spacial score (nSPS) is 10.2. The van der Waals surface area contributed by atoms with Crippen molar-refractivity contribution in [1.82, 2.24) is 9.97 Å². The number of hydrogen-bond donors (Lipinski definition) is 1. The first-order valence-corrected chi connectivity index (χ1v) is 5.52. The zero-order valence-electron chi connectivity index (χ0n) is 7.92. The van der Waals surface area contributed by atoms with Crippen molar-refractivity contribution in [1.29, 1.82) is 0 Å². The molecule has 0 fully saturated rings. The van der Waals surface area contributed by atoms with E-state index < -0.39 is 0 Å². The first-order valence-electron chi connectivity index (χ1n) is 4.35. The summed E-state index contributed by atoms with van der Waals surface area (Å²) in [5.74, 6) is 0.241. The molecule has 1 aromatic heterocycles. The Hall–Kier alpha value is -1.20. The number of nitrogens with zero attached hydrogens (tertiary/aromatic N) is 2. The minimum atomic E-state index is -0.314. The van der Waals surface area contributed by atoms with E-state index >= 15 is 0 Å². The summed E-state index contributed by atoms with van der Waals surface area (Å²) in [7, 11) is 0. The number of benzene rings is 1. The molecule has 0 aliphatic rings. The molecule has 1 aromatic carbocycles. The Balaban J connectivity index is 2.24. The third-order valence-electron chi connectivity index (χ3n) is 1.83. The molecule has 0 aliphatic carbocycles. The van der Waals surface area contributed by atoms with Crippen LogP contribution in [0.1, 0.15) is 0 Å². The molecule has 2 rings (SSSR count). The number of halogens is 3. The molecule has 0 saturated carbocycles. The predicted molar refractivity (Wildman–Crippen MR) is 64.4 cm³/mol. The van der Waals surface area contributed by atoms with E-state index in [9.17, 15) is 4.39 Å². The molecule has 1 N–H and O–H groups in total. The van der Waals surface area contributed by atoms with E-state index in [0.29, 0.717) is 21.1 Å². The smallest absolute Gasteiger partial charge is 0.137 e. The van der Waals surface area contributed by atoms with Gasteiger partial charge in [0.1, 0.15) is 23.1 Å². The van der Waals surface area contributed by atoms with Gasteiger partial charge in [-0.2, -0.15) is 0 Å². The molecule has 0 atom stereocenters. The molecule has 0 spiro atoms. The second-order valence-corrected chi connectivity index (χ2v) is 4.22. The van der Waals surface area contributed by atoms with Crippen LogP contribution in [0.2, 0.25) is 5.15 Å². The molecule has 0 radical (unpaired) electrons. The summed E-state index contributed by atoms with van der Waals surface area (Å²) in [6, 6.07) is 6.16. The highest BCUT2D eigenvalue weighted by molar-refractivity contribution is 9.10. The fourth-order valence-corrected chi connectivity index (χ4v) is 1.65. The summed E-state index contributed by atoms with van der Waals surface area (Å²) in [5.41, 5.74) is 0.711. The molecule has 0 amide bonds. The lowest BCUT2D eigenvalue weighted by atomic mass is 10.3. The summed E-state index contributed by atoms with van der Waals surface area (Å²) in [6.07, 6.45) is 1.35. The van der Waals surface area contributed by atoms with Gasteiger partial charge in [-0.05, 0) is 34.1 Å². The van der Waals surface area contributed by atoms with Crippen LogP contribution in [0.25, 0.3) is 0 Å². The van der Waals surface area contributed by atoms with E-state index in [1.54, 1.807) is 18.2 Å². The van der Waals surface area contributed by atoms with Crippen molar-refractivity contribution in [3.63, 3.8) is 0 Å². The molecule has 16 heavy (non-hydrogen) atoms. The van der Waals surface area contributed by atoms with Crippen molar-refractivity contribution in [3.8, 4) is 0 Å². The van der Waals surface area contributed by atoms with Crippen LogP contribution in [-0.4, -0.2) is 9.97 Å². The van der Waals surface area contributed by atoms with Crippen LogP contribution in [0.3, 0.4) is 0 Å². The lowest BCUT2D eigenvalue weighted by Gasteiger charge is -2.05. The molecule has 0 unspecified atom stereocenters. The number of nitrogens with one attached hydrogen (secondary N) is 1. The van der Waals surface area contributed by atoms with Gasteiger partial charge in [-0.1, -0.05) is 11.6 Å². The Kier molecular flexibility index (Phi) is 3.36. The lowest BCUT2D eigenvalue weighted by molar-refractivity contribution is 0.621. The fourth-order valence-electron chi connectivity index (χ4n) is 1.12. The van der Waals surface area contributed by atoms with Gasteiger partial charge in [-0.25, -0.2) is 14.4 Å². The summed E-state index contributed by atoms with van der Waals surface area (Å²) in [4.78, 5) is 7.73. The Bertz CT molecular complexity index is 521. The van der Waals surface area contributed by atoms with Gasteiger partial charge in [0.2, 0.25) is 0 Å². The van der Waals surface area contributed by atoms with Crippen molar-refractivity contribution in [3.05, 3.63) is 46.0 Å². The Morgan fingerprint density at radius 2 is 2.06 bits per heavy atom. The zero-order chi connectivity index (χ0) is 11.5. The number of aromatic nitrogens is 2. The van der Waals surface area contributed by atoms with Gasteiger partial charge < -0.3 is 5.32 Å². The quantitative estimate of drug-likeness (QED) is 0.858. The van der Waals surface area contributed by atoms with Gasteiger partial charge in [0, 0.05) is 11.8 Å². The van der Waals surface area contributed by atoms with Crippen molar-refractivity contribution < 1.29 is 4.39 Å². The van der Waals surface area contributed by atoms with Gasteiger partial charge in [0.15, 0.2) is 0 Å². The van der Waals surface area contributed by atoms with Crippen LogP contribution >= 0.6 is 27.5 Å². The number of hydrogen-bond acceptors (Lipinski definition) is 3. The largest absolute Gasteiger partial charge is 0.340 e. The molecule has 2 aromatic rings. The average molecular weight is 303 g/mol. The predicted octanol–water partition coefficient (Wildman–Crippen LogP) is 3.78. The van der Waals surface area contributed by atoms with Gasteiger partial charge in [0.05, 0.1) is 4.47 Å². The highest BCUT2D eigenvalue weighted by atomic mass is 79.9. The maximum Gasteiger partial charge on any atom is 0.137 e. The molecule has 1 heterocycles. The molecule has 0 aliphatic heterocycles. The second-order valence-electron chi connectivity index (χ2n) is 2.98. The van der Waals surface area contributed by atoms with Crippen molar-refractivity contribution >= 4 is 39.0 Å². The third kappa shape index (κ3) is 2.68. The van der Waals surface area contributed by atoms with Gasteiger partial charge >= 0.3 is 0 Å². The summed E-state index contributed by atoms with van der Waals surface area (Å²) < 4.78 is 13.4. The molecule has 3 nitrogen and oxygen atoms in total. The van der Waals surface area contributed by atoms with Crippen LogP contribution in [0, 0.1) is 5.82 Å². The van der Waals surface area contributed by atoms with E-state index in [2.05, 4.69) is 31.2 Å². The van der Waals surface area contributed by atoms with Crippen molar-refractivity contribution in [2.45, 2.75) is 0 Å². The van der Waals surface area contributed by atoms with Crippen LogP contribution in [0.15, 0.2) is 35.1 Å². The lowest BCUT2D eigenvalue weighted by Crippen LogP contribution is -1.94. The van der Waals surface area contributed by atoms with Crippen LogP contribution in [0.5, 0.6) is 0 Å². The van der Waals surface area contributed by atoms with E-state index in [4.69, 9.17) is 11.6 Å². The fraction of sp³-hybridized carbons (Fsp3) is 0. The van der Waals surface area contributed by atoms with Crippen molar-refractivity contribution in [2.24, 2.45) is 0 Å². The Morgan fingerprint density at radius 1 is 1.25 bits per heavy atom. The molecule has 0 bridgehead atoms. The average Bonchev–Trinajstić information content (AvgIpc) is 2.24. The molecule has 6 heteroatoms. The highest BCUT2D eigenvalue weighted by Gasteiger charge is 2.02. The molecular formula is C10H6BrClFN3. The maximum absolute atomic E-state index is 13.0. The van der Waals surface area contributed by atoms with Crippen LogP contribution < -0.4 is 5.32 Å². The standard InChI is InChI=1S/C10H6BrClFN3/c11-7-3-6(1-2-8(7)13)16-10-4-9(12)14-5-15-10/h1-5H,(H,14,15,16). The minimum absolute atomic E-state index is 0.314. The van der Waals surface area contributed by atoms with E-state index in [0.717, 1.165) is 0 Å². The Labute approximate surface area is 105 Å². The van der Waals surface area contributed by atoms with Gasteiger partial charge in [-0.15, -0.1) is 0 Å². The third-order valence-corrected chi connectivity index (χ3v) is 2.64. The number of anilines is 2. The zero-order valence-corrected chi connectivity index (χ0v) is 10.3. The maximum atomic E-state index is 13.0. The van der Waals surface area contributed by atoms with Crippen LogP contribution in [-0.2, 0) is 0 Å². The highest BCUT2D eigenvalue weighted by Crippen LogP contribution is 2.22. The van der Waals surface area contributed by atoms with Gasteiger partial charge in [-0.3, -0.25) is 0 Å². The summed E-state index contributed by atoms with van der Waals surface area (Å²) >= 11 is 8.81. The second kappa shape index (κ2) is 4.76. The molecule has 82 valence electrons. The van der Waals surface area contributed by atoms with E-state index in [-0.39, 0.29) is 5.82 Å².